The zero-order valence-electron chi connectivity index (χ0n) is 13.7. The molecule has 0 radical (unpaired) electrons. The molecule has 0 saturated carbocycles. The van der Waals surface area contributed by atoms with Crippen molar-refractivity contribution in [3.05, 3.63) is 35.4 Å². The average Bonchev–Trinajstić information content (AvgIpc) is 2.41. The van der Waals surface area contributed by atoms with Gasteiger partial charge in [-0.25, -0.2) is 8.42 Å². The smallest absolute Gasteiger partial charge is 0.236 e. The standard InChI is InChI=1S/C16H26N2O3S/c1-12-6-5-7-13(10-12)16(2,3)11-18-15(19)14(17)8-9-22(4,20)21/h5-7,10,14H,8-9,11,17H2,1-4H3,(H,18,19). The van der Waals surface area contributed by atoms with Crippen LogP contribution in [0.1, 0.15) is 31.4 Å². The van der Waals surface area contributed by atoms with Crippen LogP contribution in [-0.4, -0.2) is 38.9 Å². The molecule has 1 atom stereocenters. The first-order valence-electron chi connectivity index (χ1n) is 7.29. The van der Waals surface area contributed by atoms with Gasteiger partial charge in [0.1, 0.15) is 9.84 Å². The first-order chi connectivity index (χ1) is 10.0. The number of aryl methyl sites for hydroxylation is 1. The van der Waals surface area contributed by atoms with Gasteiger partial charge in [-0.1, -0.05) is 43.7 Å². The third-order valence-corrected chi connectivity index (χ3v) is 4.62. The zero-order chi connectivity index (χ0) is 17.0. The van der Waals surface area contributed by atoms with Crippen LogP contribution in [0.4, 0.5) is 0 Å². The van der Waals surface area contributed by atoms with Crippen molar-refractivity contribution in [2.24, 2.45) is 5.73 Å². The van der Waals surface area contributed by atoms with Crippen LogP contribution >= 0.6 is 0 Å². The highest BCUT2D eigenvalue weighted by molar-refractivity contribution is 7.90. The van der Waals surface area contributed by atoms with Crippen molar-refractivity contribution in [1.82, 2.24) is 5.32 Å². The highest BCUT2D eigenvalue weighted by Gasteiger charge is 2.23. The Balaban J connectivity index is 2.58. The maximum absolute atomic E-state index is 12.0. The van der Waals surface area contributed by atoms with E-state index in [1.807, 2.05) is 39.0 Å². The van der Waals surface area contributed by atoms with Crippen LogP contribution in [0.3, 0.4) is 0 Å². The summed E-state index contributed by atoms with van der Waals surface area (Å²) < 4.78 is 22.2. The summed E-state index contributed by atoms with van der Waals surface area (Å²) in [7, 11) is -3.10. The first-order valence-corrected chi connectivity index (χ1v) is 9.35. The molecule has 124 valence electrons. The van der Waals surface area contributed by atoms with Crippen molar-refractivity contribution in [2.45, 2.75) is 38.6 Å². The normalized spacial score (nSPS) is 13.7. The summed E-state index contributed by atoms with van der Waals surface area (Å²) in [5.74, 6) is -0.396. The number of nitrogens with two attached hydrogens (primary N) is 1. The monoisotopic (exact) mass is 326 g/mol. The van der Waals surface area contributed by atoms with Gasteiger partial charge >= 0.3 is 0 Å². The number of hydrogen-bond acceptors (Lipinski definition) is 4. The summed E-state index contributed by atoms with van der Waals surface area (Å²) >= 11 is 0. The van der Waals surface area contributed by atoms with E-state index < -0.39 is 15.9 Å². The molecule has 22 heavy (non-hydrogen) atoms. The summed E-state index contributed by atoms with van der Waals surface area (Å²) in [5.41, 5.74) is 7.82. The highest BCUT2D eigenvalue weighted by Crippen LogP contribution is 2.23. The molecular weight excluding hydrogens is 300 g/mol. The molecule has 0 aliphatic heterocycles. The molecular formula is C16H26N2O3S. The predicted octanol–water partition coefficient (Wildman–Crippen LogP) is 1.15. The Hall–Kier alpha value is -1.40. The highest BCUT2D eigenvalue weighted by atomic mass is 32.2. The van der Waals surface area contributed by atoms with E-state index >= 15 is 0 Å². The van der Waals surface area contributed by atoms with Crippen molar-refractivity contribution in [2.75, 3.05) is 18.6 Å². The molecule has 0 heterocycles. The van der Waals surface area contributed by atoms with Crippen molar-refractivity contribution in [3.63, 3.8) is 0 Å². The topological polar surface area (TPSA) is 89.3 Å². The van der Waals surface area contributed by atoms with E-state index in [1.165, 1.54) is 5.56 Å². The lowest BCUT2D eigenvalue weighted by Crippen LogP contribution is -2.45. The van der Waals surface area contributed by atoms with Gasteiger partial charge in [-0.15, -0.1) is 0 Å². The molecule has 3 N–H and O–H groups in total. The fourth-order valence-corrected chi connectivity index (χ4v) is 2.76. The Morgan fingerprint density at radius 2 is 2.00 bits per heavy atom. The van der Waals surface area contributed by atoms with E-state index in [9.17, 15) is 13.2 Å². The number of carbonyl (C=O) groups excluding carboxylic acids is 1. The summed E-state index contributed by atoms with van der Waals surface area (Å²) in [4.78, 5) is 12.0. The Kier molecular flexibility index (Phi) is 6.14. The Morgan fingerprint density at radius 3 is 2.55 bits per heavy atom. The van der Waals surface area contributed by atoms with Crippen LogP contribution in [0.25, 0.3) is 0 Å². The van der Waals surface area contributed by atoms with Gasteiger partial charge in [0, 0.05) is 18.2 Å². The van der Waals surface area contributed by atoms with E-state index in [-0.39, 0.29) is 23.5 Å². The number of sulfone groups is 1. The largest absolute Gasteiger partial charge is 0.354 e. The van der Waals surface area contributed by atoms with Crippen LogP contribution in [-0.2, 0) is 20.0 Å². The lowest BCUT2D eigenvalue weighted by atomic mass is 9.84. The maximum Gasteiger partial charge on any atom is 0.236 e. The second-order valence-electron chi connectivity index (χ2n) is 6.50. The Labute approximate surface area is 133 Å². The fourth-order valence-electron chi connectivity index (χ4n) is 2.08. The summed E-state index contributed by atoms with van der Waals surface area (Å²) in [6.45, 7) is 6.56. The Morgan fingerprint density at radius 1 is 1.36 bits per heavy atom. The van der Waals surface area contributed by atoms with Gasteiger partial charge in [0.2, 0.25) is 5.91 Å². The zero-order valence-corrected chi connectivity index (χ0v) is 14.5. The van der Waals surface area contributed by atoms with E-state index in [2.05, 4.69) is 11.4 Å². The number of nitrogens with one attached hydrogen (secondary N) is 1. The van der Waals surface area contributed by atoms with Gasteiger partial charge in [-0.05, 0) is 18.9 Å². The molecule has 1 amide bonds. The number of rotatable bonds is 7. The van der Waals surface area contributed by atoms with E-state index in [1.54, 1.807) is 0 Å². The Bertz CT molecular complexity index is 624. The fraction of sp³-hybridized carbons (Fsp3) is 0.562. The second-order valence-corrected chi connectivity index (χ2v) is 8.76. The van der Waals surface area contributed by atoms with Crippen LogP contribution in [0, 0.1) is 6.92 Å². The minimum Gasteiger partial charge on any atom is -0.354 e. The van der Waals surface area contributed by atoms with Gasteiger partial charge in [0.25, 0.3) is 0 Å². The minimum absolute atomic E-state index is 0.0805. The quantitative estimate of drug-likeness (QED) is 0.786. The van der Waals surface area contributed by atoms with Crippen LogP contribution in [0.15, 0.2) is 24.3 Å². The van der Waals surface area contributed by atoms with Crippen LogP contribution in [0.5, 0.6) is 0 Å². The molecule has 0 fully saturated rings. The molecule has 0 saturated heterocycles. The van der Waals surface area contributed by atoms with E-state index in [0.29, 0.717) is 6.54 Å². The van der Waals surface area contributed by atoms with E-state index in [4.69, 9.17) is 5.73 Å². The van der Waals surface area contributed by atoms with Gasteiger partial charge in [-0.3, -0.25) is 4.79 Å². The third kappa shape index (κ3) is 6.15. The van der Waals surface area contributed by atoms with Gasteiger partial charge in [0.15, 0.2) is 0 Å². The van der Waals surface area contributed by atoms with Gasteiger partial charge < -0.3 is 11.1 Å². The second kappa shape index (κ2) is 7.24. The molecule has 0 spiro atoms. The summed E-state index contributed by atoms with van der Waals surface area (Å²) in [6, 6.07) is 7.34. The molecule has 6 heteroatoms. The van der Waals surface area contributed by atoms with Crippen molar-refractivity contribution < 1.29 is 13.2 Å². The molecule has 0 bridgehead atoms. The lowest BCUT2D eigenvalue weighted by Gasteiger charge is -2.27. The number of amides is 1. The molecule has 1 unspecified atom stereocenters. The number of hydrogen-bond donors (Lipinski definition) is 2. The van der Waals surface area contributed by atoms with Gasteiger partial charge in [0.05, 0.1) is 11.8 Å². The minimum atomic E-state index is -3.10. The molecule has 1 rings (SSSR count). The van der Waals surface area contributed by atoms with Gasteiger partial charge in [-0.2, -0.15) is 0 Å². The average molecular weight is 326 g/mol. The molecule has 0 aliphatic rings. The maximum atomic E-state index is 12.0. The molecule has 1 aromatic carbocycles. The van der Waals surface area contributed by atoms with Crippen molar-refractivity contribution in [3.8, 4) is 0 Å². The van der Waals surface area contributed by atoms with Crippen LogP contribution in [0.2, 0.25) is 0 Å². The number of carbonyl (C=O) groups is 1. The molecule has 0 aromatic heterocycles. The first kappa shape index (κ1) is 18.6. The molecule has 1 aromatic rings. The summed E-state index contributed by atoms with van der Waals surface area (Å²) in [6.07, 6.45) is 1.27. The predicted molar refractivity (Wildman–Crippen MR) is 89.5 cm³/mol. The molecule has 5 nitrogen and oxygen atoms in total. The third-order valence-electron chi connectivity index (χ3n) is 3.64. The van der Waals surface area contributed by atoms with E-state index in [0.717, 1.165) is 11.8 Å². The molecule has 0 aliphatic carbocycles. The van der Waals surface area contributed by atoms with Crippen molar-refractivity contribution >= 4 is 15.7 Å². The number of benzene rings is 1. The van der Waals surface area contributed by atoms with Crippen LogP contribution < -0.4 is 11.1 Å². The van der Waals surface area contributed by atoms with Crippen molar-refractivity contribution in [1.29, 1.82) is 0 Å². The lowest BCUT2D eigenvalue weighted by molar-refractivity contribution is -0.122. The SMILES string of the molecule is Cc1cccc(C(C)(C)CNC(=O)C(N)CCS(C)(=O)=O)c1. The summed E-state index contributed by atoms with van der Waals surface area (Å²) in [5, 5.41) is 2.82.